The summed E-state index contributed by atoms with van der Waals surface area (Å²) in [5.74, 6) is 0.845. The lowest BCUT2D eigenvalue weighted by Crippen LogP contribution is -1.96. The maximum atomic E-state index is 11.0. The van der Waals surface area contributed by atoms with Gasteiger partial charge in [-0.1, -0.05) is 12.1 Å². The molecule has 6 nitrogen and oxygen atoms in total. The summed E-state index contributed by atoms with van der Waals surface area (Å²) in [6, 6.07) is 13.9. The molecule has 6 heteroatoms. The molecule has 110 valence electrons. The fourth-order valence-corrected chi connectivity index (χ4v) is 2.06. The highest BCUT2D eigenvalue weighted by Crippen LogP contribution is 2.22. The van der Waals surface area contributed by atoms with Gasteiger partial charge in [-0.25, -0.2) is 9.78 Å². The SMILES string of the molecule is COc1ccc(-c2nc(-c3cccc(C(=O)O)c3)n[nH]2)cc1. The van der Waals surface area contributed by atoms with Crippen LogP contribution in [0.5, 0.6) is 5.75 Å². The van der Waals surface area contributed by atoms with E-state index in [9.17, 15) is 4.79 Å². The molecule has 3 aromatic rings. The van der Waals surface area contributed by atoms with Gasteiger partial charge in [0.15, 0.2) is 11.6 Å². The lowest BCUT2D eigenvalue weighted by Gasteiger charge is -2.00. The second kappa shape index (κ2) is 5.69. The molecule has 0 amide bonds. The summed E-state index contributed by atoms with van der Waals surface area (Å²) in [5.41, 5.74) is 1.72. The molecule has 22 heavy (non-hydrogen) atoms. The van der Waals surface area contributed by atoms with Gasteiger partial charge in [0.1, 0.15) is 5.75 Å². The maximum Gasteiger partial charge on any atom is 0.335 e. The Kier molecular flexibility index (Phi) is 3.57. The molecule has 2 aromatic carbocycles. The van der Waals surface area contributed by atoms with Crippen molar-refractivity contribution in [3.05, 3.63) is 54.1 Å². The molecule has 3 rings (SSSR count). The molecule has 1 heterocycles. The molecule has 1 aromatic heterocycles. The second-order valence-corrected chi connectivity index (χ2v) is 4.62. The maximum absolute atomic E-state index is 11.0. The Morgan fingerprint density at radius 1 is 1.14 bits per heavy atom. The van der Waals surface area contributed by atoms with Gasteiger partial charge in [-0.05, 0) is 36.4 Å². The van der Waals surface area contributed by atoms with Crippen molar-refractivity contribution < 1.29 is 14.6 Å². The van der Waals surface area contributed by atoms with Crippen LogP contribution in [0.2, 0.25) is 0 Å². The van der Waals surface area contributed by atoms with Gasteiger partial charge in [0.25, 0.3) is 0 Å². The van der Waals surface area contributed by atoms with Crippen molar-refractivity contribution in [2.24, 2.45) is 0 Å². The van der Waals surface area contributed by atoms with Crippen LogP contribution in [0.1, 0.15) is 10.4 Å². The third-order valence-corrected chi connectivity index (χ3v) is 3.22. The van der Waals surface area contributed by atoms with Crippen LogP contribution < -0.4 is 4.74 Å². The zero-order chi connectivity index (χ0) is 15.5. The molecule has 0 bridgehead atoms. The van der Waals surface area contributed by atoms with Crippen molar-refractivity contribution in [2.75, 3.05) is 7.11 Å². The number of carbonyl (C=O) groups is 1. The van der Waals surface area contributed by atoms with Gasteiger partial charge in [0.05, 0.1) is 12.7 Å². The number of benzene rings is 2. The summed E-state index contributed by atoms with van der Waals surface area (Å²) in [7, 11) is 1.61. The van der Waals surface area contributed by atoms with Gasteiger partial charge in [-0.2, -0.15) is 5.10 Å². The Hall–Kier alpha value is -3.15. The lowest BCUT2D eigenvalue weighted by atomic mass is 10.1. The van der Waals surface area contributed by atoms with E-state index in [-0.39, 0.29) is 5.56 Å². The first-order valence-electron chi connectivity index (χ1n) is 6.58. The average Bonchev–Trinajstić information content (AvgIpc) is 3.05. The molecule has 0 fully saturated rings. The number of carboxylic acid groups (broad SMARTS) is 1. The molecule has 2 N–H and O–H groups in total. The summed E-state index contributed by atoms with van der Waals surface area (Å²) in [4.78, 5) is 15.4. The molecular formula is C16H13N3O3. The van der Waals surface area contributed by atoms with Crippen molar-refractivity contribution in [3.63, 3.8) is 0 Å². The summed E-state index contributed by atoms with van der Waals surface area (Å²) in [6.45, 7) is 0. The summed E-state index contributed by atoms with van der Waals surface area (Å²) < 4.78 is 5.11. The van der Waals surface area contributed by atoms with Crippen LogP contribution >= 0.6 is 0 Å². The van der Waals surface area contributed by atoms with E-state index in [4.69, 9.17) is 9.84 Å². The topological polar surface area (TPSA) is 88.1 Å². The van der Waals surface area contributed by atoms with Crippen LogP contribution in [0, 0.1) is 0 Å². The number of nitrogens with one attached hydrogen (secondary N) is 1. The molecule has 0 aliphatic carbocycles. The fourth-order valence-electron chi connectivity index (χ4n) is 2.06. The minimum absolute atomic E-state index is 0.202. The first-order valence-corrected chi connectivity index (χ1v) is 6.58. The van der Waals surface area contributed by atoms with Crippen LogP contribution in [0.3, 0.4) is 0 Å². The van der Waals surface area contributed by atoms with Crippen LogP contribution in [0.4, 0.5) is 0 Å². The number of H-pyrrole nitrogens is 1. The largest absolute Gasteiger partial charge is 0.497 e. The zero-order valence-electron chi connectivity index (χ0n) is 11.8. The van der Waals surface area contributed by atoms with Crippen molar-refractivity contribution >= 4 is 5.97 Å². The smallest absolute Gasteiger partial charge is 0.335 e. The molecular weight excluding hydrogens is 282 g/mol. The molecule has 0 aliphatic rings. The number of hydrogen-bond acceptors (Lipinski definition) is 4. The van der Waals surface area contributed by atoms with Crippen LogP contribution in [-0.4, -0.2) is 33.4 Å². The highest BCUT2D eigenvalue weighted by molar-refractivity contribution is 5.89. The predicted octanol–water partition coefficient (Wildman–Crippen LogP) is 2.85. The van der Waals surface area contributed by atoms with E-state index in [1.807, 2.05) is 24.3 Å². The highest BCUT2D eigenvalue weighted by atomic mass is 16.5. The average molecular weight is 295 g/mol. The fraction of sp³-hybridized carbons (Fsp3) is 0.0625. The van der Waals surface area contributed by atoms with Crippen molar-refractivity contribution in [2.45, 2.75) is 0 Å². The molecule has 0 spiro atoms. The minimum Gasteiger partial charge on any atom is -0.497 e. The first kappa shape index (κ1) is 13.8. The molecule has 0 saturated heterocycles. The van der Waals surface area contributed by atoms with E-state index in [0.717, 1.165) is 11.3 Å². The number of rotatable bonds is 4. The number of carboxylic acids is 1. The van der Waals surface area contributed by atoms with Gasteiger partial charge < -0.3 is 9.84 Å². The van der Waals surface area contributed by atoms with E-state index in [0.29, 0.717) is 17.2 Å². The molecule has 0 atom stereocenters. The standard InChI is InChI=1S/C16H13N3O3/c1-22-13-7-5-10(6-8-13)14-17-15(19-18-14)11-3-2-4-12(9-11)16(20)21/h2-9H,1H3,(H,20,21)(H,17,18,19). The lowest BCUT2D eigenvalue weighted by molar-refractivity contribution is 0.0697. The van der Waals surface area contributed by atoms with Crippen LogP contribution in [0.15, 0.2) is 48.5 Å². The van der Waals surface area contributed by atoms with Gasteiger partial charge in [0.2, 0.25) is 0 Å². The van der Waals surface area contributed by atoms with Crippen molar-refractivity contribution in [3.8, 4) is 28.5 Å². The number of aromatic amines is 1. The van der Waals surface area contributed by atoms with Gasteiger partial charge in [-0.3, -0.25) is 5.10 Å². The second-order valence-electron chi connectivity index (χ2n) is 4.62. The predicted molar refractivity (Wildman–Crippen MR) is 80.8 cm³/mol. The normalized spacial score (nSPS) is 10.4. The summed E-state index contributed by atoms with van der Waals surface area (Å²) >= 11 is 0. The first-order chi connectivity index (χ1) is 10.7. The van der Waals surface area contributed by atoms with Gasteiger partial charge >= 0.3 is 5.97 Å². The Labute approximate surface area is 126 Å². The van der Waals surface area contributed by atoms with Crippen LogP contribution in [-0.2, 0) is 0 Å². The zero-order valence-corrected chi connectivity index (χ0v) is 11.8. The van der Waals surface area contributed by atoms with E-state index in [2.05, 4.69) is 15.2 Å². The Morgan fingerprint density at radius 2 is 1.91 bits per heavy atom. The third kappa shape index (κ3) is 2.67. The van der Waals surface area contributed by atoms with Gasteiger partial charge in [0, 0.05) is 11.1 Å². The van der Waals surface area contributed by atoms with Gasteiger partial charge in [-0.15, -0.1) is 0 Å². The van der Waals surface area contributed by atoms with E-state index >= 15 is 0 Å². The summed E-state index contributed by atoms with van der Waals surface area (Å²) in [6.07, 6.45) is 0. The van der Waals surface area contributed by atoms with Crippen LogP contribution in [0.25, 0.3) is 22.8 Å². The Balaban J connectivity index is 1.93. The molecule has 0 unspecified atom stereocenters. The molecule has 0 saturated carbocycles. The monoisotopic (exact) mass is 295 g/mol. The van der Waals surface area contributed by atoms with E-state index in [1.165, 1.54) is 6.07 Å². The third-order valence-electron chi connectivity index (χ3n) is 3.22. The molecule has 0 aliphatic heterocycles. The Bertz CT molecular complexity index is 810. The number of ether oxygens (including phenoxy) is 1. The van der Waals surface area contributed by atoms with Crippen molar-refractivity contribution in [1.82, 2.24) is 15.2 Å². The number of nitrogens with zero attached hydrogens (tertiary/aromatic N) is 2. The summed E-state index contributed by atoms with van der Waals surface area (Å²) in [5, 5.41) is 16.0. The number of methoxy groups -OCH3 is 1. The Morgan fingerprint density at radius 3 is 2.59 bits per heavy atom. The molecule has 0 radical (unpaired) electrons. The quantitative estimate of drug-likeness (QED) is 0.772. The minimum atomic E-state index is -0.979. The van der Waals surface area contributed by atoms with E-state index < -0.39 is 5.97 Å². The van der Waals surface area contributed by atoms with Crippen molar-refractivity contribution in [1.29, 1.82) is 0 Å². The number of hydrogen-bond donors (Lipinski definition) is 2. The highest BCUT2D eigenvalue weighted by Gasteiger charge is 2.10. The van der Waals surface area contributed by atoms with E-state index in [1.54, 1.807) is 25.3 Å². The number of aromatic nitrogens is 3. The number of aromatic carboxylic acids is 1.